The molecule has 1 aromatic carbocycles. The number of carboxylic acid groups (broad SMARTS) is 1. The summed E-state index contributed by atoms with van der Waals surface area (Å²) >= 11 is 5.71. The molecule has 0 unspecified atom stereocenters. The summed E-state index contributed by atoms with van der Waals surface area (Å²) in [5, 5.41) is 9.44. The molecule has 2 atom stereocenters. The number of halogens is 2. The third-order valence-electron chi connectivity index (χ3n) is 4.27. The van der Waals surface area contributed by atoms with Crippen LogP contribution in [0.1, 0.15) is 18.4 Å². The summed E-state index contributed by atoms with van der Waals surface area (Å²) in [6, 6.07) is 5.06. The van der Waals surface area contributed by atoms with Gasteiger partial charge in [-0.25, -0.2) is 4.39 Å². The molecule has 0 radical (unpaired) electrons. The molecule has 2 rings (SSSR count). The molecule has 0 aliphatic carbocycles. The van der Waals surface area contributed by atoms with Crippen LogP contribution in [0.15, 0.2) is 18.2 Å². The van der Waals surface area contributed by atoms with Crippen LogP contribution in [-0.2, 0) is 11.3 Å². The number of nitrogens with zero attached hydrogens (tertiary/aromatic N) is 2. The molecule has 4 nitrogen and oxygen atoms in total. The van der Waals surface area contributed by atoms with E-state index < -0.39 is 11.8 Å². The van der Waals surface area contributed by atoms with E-state index in [1.54, 1.807) is 12.1 Å². The largest absolute Gasteiger partial charge is 0.481 e. The van der Waals surface area contributed by atoms with Crippen molar-refractivity contribution in [2.24, 2.45) is 5.92 Å². The van der Waals surface area contributed by atoms with Gasteiger partial charge in [0.2, 0.25) is 0 Å². The van der Waals surface area contributed by atoms with Gasteiger partial charge in [-0.3, -0.25) is 9.69 Å². The fraction of sp³-hybridized carbons (Fsp3) is 0.562. The predicted octanol–water partition coefficient (Wildman–Crippen LogP) is 2.71. The summed E-state index contributed by atoms with van der Waals surface area (Å²) in [7, 11) is 4.01. The second-order valence-electron chi connectivity index (χ2n) is 6.17. The minimum atomic E-state index is -0.758. The molecule has 0 aromatic heterocycles. The van der Waals surface area contributed by atoms with E-state index in [-0.39, 0.29) is 10.9 Å². The molecule has 1 fully saturated rings. The van der Waals surface area contributed by atoms with Gasteiger partial charge in [0.1, 0.15) is 5.82 Å². The Morgan fingerprint density at radius 1 is 1.41 bits per heavy atom. The molecule has 0 bridgehead atoms. The van der Waals surface area contributed by atoms with Crippen LogP contribution in [0, 0.1) is 11.7 Å². The van der Waals surface area contributed by atoms with E-state index in [1.165, 1.54) is 6.07 Å². The molecular formula is C16H22ClFN2O2. The Morgan fingerprint density at radius 2 is 2.14 bits per heavy atom. The van der Waals surface area contributed by atoms with Gasteiger partial charge in [0.25, 0.3) is 0 Å². The smallest absolute Gasteiger partial charge is 0.307 e. The lowest BCUT2D eigenvalue weighted by Crippen LogP contribution is -2.39. The van der Waals surface area contributed by atoms with Gasteiger partial charge in [-0.15, -0.1) is 0 Å². The maximum Gasteiger partial charge on any atom is 0.307 e. The molecule has 0 saturated carbocycles. The van der Waals surface area contributed by atoms with Crippen molar-refractivity contribution in [3.8, 4) is 0 Å². The molecule has 1 heterocycles. The maximum absolute atomic E-state index is 13.6. The summed E-state index contributed by atoms with van der Waals surface area (Å²) < 4.78 is 13.6. The van der Waals surface area contributed by atoms with Gasteiger partial charge >= 0.3 is 5.97 Å². The fourth-order valence-electron chi connectivity index (χ4n) is 2.91. The van der Waals surface area contributed by atoms with Crippen LogP contribution < -0.4 is 0 Å². The normalized spacial score (nSPS) is 23.5. The molecule has 22 heavy (non-hydrogen) atoms. The number of carbonyl (C=O) groups is 1. The summed E-state index contributed by atoms with van der Waals surface area (Å²) in [5.74, 6) is -1.57. The number of likely N-dealkylation sites (N-methyl/N-ethyl adjacent to an activating group) is 1. The number of benzene rings is 1. The number of hydrogen-bond donors (Lipinski definition) is 1. The van der Waals surface area contributed by atoms with Crippen molar-refractivity contribution in [2.75, 3.05) is 27.2 Å². The van der Waals surface area contributed by atoms with Crippen LogP contribution in [0.3, 0.4) is 0 Å². The third kappa shape index (κ3) is 4.41. The van der Waals surface area contributed by atoms with E-state index >= 15 is 0 Å². The van der Waals surface area contributed by atoms with E-state index in [2.05, 4.69) is 9.80 Å². The van der Waals surface area contributed by atoms with Crippen LogP contribution >= 0.6 is 11.6 Å². The summed E-state index contributed by atoms with van der Waals surface area (Å²) in [4.78, 5) is 15.6. The minimum Gasteiger partial charge on any atom is -0.481 e. The van der Waals surface area contributed by atoms with Crippen molar-refractivity contribution in [1.82, 2.24) is 9.80 Å². The van der Waals surface area contributed by atoms with Gasteiger partial charge in [-0.2, -0.15) is 0 Å². The zero-order valence-corrected chi connectivity index (χ0v) is 13.7. The number of hydrogen-bond acceptors (Lipinski definition) is 3. The highest BCUT2D eigenvalue weighted by molar-refractivity contribution is 6.30. The Kier molecular flexibility index (Phi) is 5.78. The topological polar surface area (TPSA) is 43.8 Å². The standard InChI is InChI=1S/C16H22ClFN2O2/c1-19(2)13-5-4-12(16(21)22)9-20(10-13)8-11-3-6-14(17)15(18)7-11/h3,6-7,12-13H,4-5,8-10H2,1-2H3,(H,21,22)/t12-,13+/m0/s1. The number of aliphatic carboxylic acids is 1. The highest BCUT2D eigenvalue weighted by Crippen LogP contribution is 2.22. The molecule has 0 spiro atoms. The Hall–Kier alpha value is -1.17. The van der Waals surface area contributed by atoms with E-state index in [9.17, 15) is 14.3 Å². The Morgan fingerprint density at radius 3 is 2.73 bits per heavy atom. The molecule has 1 aromatic rings. The SMILES string of the molecule is CN(C)[C@@H]1CC[C@H](C(=O)O)CN(Cc2ccc(Cl)c(F)c2)C1. The predicted molar refractivity (Wildman–Crippen MR) is 84.5 cm³/mol. The van der Waals surface area contributed by atoms with Crippen molar-refractivity contribution in [3.63, 3.8) is 0 Å². The van der Waals surface area contributed by atoms with Crippen molar-refractivity contribution >= 4 is 17.6 Å². The van der Waals surface area contributed by atoms with E-state index in [1.807, 2.05) is 14.1 Å². The van der Waals surface area contributed by atoms with Crippen molar-refractivity contribution < 1.29 is 14.3 Å². The summed E-state index contributed by atoms with van der Waals surface area (Å²) in [6.45, 7) is 1.80. The van der Waals surface area contributed by atoms with Crippen molar-refractivity contribution in [3.05, 3.63) is 34.6 Å². The van der Waals surface area contributed by atoms with Gasteiger partial charge in [-0.05, 0) is 44.6 Å². The second-order valence-corrected chi connectivity index (χ2v) is 6.58. The highest BCUT2D eigenvalue weighted by Gasteiger charge is 2.29. The third-order valence-corrected chi connectivity index (χ3v) is 4.57. The van der Waals surface area contributed by atoms with Crippen LogP contribution in [0.5, 0.6) is 0 Å². The zero-order chi connectivity index (χ0) is 16.3. The zero-order valence-electron chi connectivity index (χ0n) is 12.9. The Labute approximate surface area is 135 Å². The van der Waals surface area contributed by atoms with E-state index in [0.717, 1.165) is 18.5 Å². The Balaban J connectivity index is 2.13. The van der Waals surface area contributed by atoms with Crippen LogP contribution in [0.2, 0.25) is 5.02 Å². The highest BCUT2D eigenvalue weighted by atomic mass is 35.5. The molecule has 1 saturated heterocycles. The summed E-state index contributed by atoms with van der Waals surface area (Å²) in [6.07, 6.45) is 1.53. The van der Waals surface area contributed by atoms with Crippen molar-refractivity contribution in [1.29, 1.82) is 0 Å². The molecule has 6 heteroatoms. The average molecular weight is 329 g/mol. The van der Waals surface area contributed by atoms with E-state index in [0.29, 0.717) is 25.6 Å². The molecule has 1 aliphatic heterocycles. The summed E-state index contributed by atoms with van der Waals surface area (Å²) in [5.41, 5.74) is 0.811. The van der Waals surface area contributed by atoms with Gasteiger partial charge < -0.3 is 10.0 Å². The minimum absolute atomic E-state index is 0.106. The van der Waals surface area contributed by atoms with Crippen LogP contribution in [0.25, 0.3) is 0 Å². The first-order valence-electron chi connectivity index (χ1n) is 7.42. The van der Waals surface area contributed by atoms with E-state index in [4.69, 9.17) is 11.6 Å². The number of rotatable bonds is 4. The molecule has 122 valence electrons. The number of likely N-dealkylation sites (tertiary alicyclic amines) is 1. The molecule has 0 amide bonds. The lowest BCUT2D eigenvalue weighted by molar-refractivity contribution is -0.142. The second kappa shape index (κ2) is 7.40. The first kappa shape index (κ1) is 17.2. The van der Waals surface area contributed by atoms with Gasteiger partial charge in [0, 0.05) is 25.7 Å². The van der Waals surface area contributed by atoms with Crippen LogP contribution in [0.4, 0.5) is 4.39 Å². The van der Waals surface area contributed by atoms with Gasteiger partial charge in [0.05, 0.1) is 10.9 Å². The van der Waals surface area contributed by atoms with Crippen LogP contribution in [-0.4, -0.2) is 54.1 Å². The first-order valence-corrected chi connectivity index (χ1v) is 7.80. The lowest BCUT2D eigenvalue weighted by Gasteiger charge is -2.28. The molecule has 1 N–H and O–H groups in total. The monoisotopic (exact) mass is 328 g/mol. The van der Waals surface area contributed by atoms with Gasteiger partial charge in [-0.1, -0.05) is 17.7 Å². The molecule has 1 aliphatic rings. The average Bonchev–Trinajstić information content (AvgIpc) is 2.66. The lowest BCUT2D eigenvalue weighted by atomic mass is 10.0. The fourth-order valence-corrected chi connectivity index (χ4v) is 3.03. The Bertz CT molecular complexity index is 539. The van der Waals surface area contributed by atoms with Gasteiger partial charge in [0.15, 0.2) is 0 Å². The molecular weight excluding hydrogens is 307 g/mol. The quantitative estimate of drug-likeness (QED) is 0.923. The first-order chi connectivity index (χ1) is 10.4. The number of carboxylic acids is 1. The maximum atomic E-state index is 13.6. The van der Waals surface area contributed by atoms with Crippen molar-refractivity contribution in [2.45, 2.75) is 25.4 Å².